The molecule has 10 rings (SSSR count). The van der Waals surface area contributed by atoms with Gasteiger partial charge in [-0.2, -0.15) is 0 Å². The van der Waals surface area contributed by atoms with Gasteiger partial charge in [-0.3, -0.25) is 4.90 Å². The number of benzene rings is 4. The van der Waals surface area contributed by atoms with E-state index in [2.05, 4.69) is 106 Å². The van der Waals surface area contributed by atoms with Gasteiger partial charge < -0.3 is 13.9 Å². The Morgan fingerprint density at radius 1 is 0.698 bits per heavy atom. The van der Waals surface area contributed by atoms with Gasteiger partial charge in [-0.25, -0.2) is 4.79 Å². The molecule has 0 atom stereocenters. The highest BCUT2D eigenvalue weighted by molar-refractivity contribution is 6.09. The van der Waals surface area contributed by atoms with E-state index in [1.54, 1.807) is 6.92 Å². The second-order valence-corrected chi connectivity index (χ2v) is 12.1. The maximum absolute atomic E-state index is 11.7. The number of ether oxygens (including phenoxy) is 1. The summed E-state index contributed by atoms with van der Waals surface area (Å²) in [6.45, 7) is 10.5. The molecule has 4 aliphatic rings. The van der Waals surface area contributed by atoms with E-state index in [0.29, 0.717) is 12.2 Å². The Bertz CT molecular complexity index is 1850. The lowest BCUT2D eigenvalue weighted by Gasteiger charge is -2.23. The van der Waals surface area contributed by atoms with E-state index >= 15 is 0 Å². The van der Waals surface area contributed by atoms with E-state index in [0.717, 1.165) is 58.4 Å². The number of hydrogen-bond donors (Lipinski definition) is 0. The van der Waals surface area contributed by atoms with E-state index in [9.17, 15) is 4.79 Å². The summed E-state index contributed by atoms with van der Waals surface area (Å²) in [6, 6.07) is 31.9. The van der Waals surface area contributed by atoms with E-state index in [-0.39, 0.29) is 5.97 Å². The monoisotopic (exact) mass is 569 g/mol. The third kappa shape index (κ3) is 5.34. The van der Waals surface area contributed by atoms with Crippen LogP contribution in [0.25, 0.3) is 43.6 Å². The first-order valence-electron chi connectivity index (χ1n) is 15.6. The number of nitrogens with zero attached hydrogens (tertiary/aromatic N) is 3. The zero-order chi connectivity index (χ0) is 29.3. The van der Waals surface area contributed by atoms with Gasteiger partial charge in [0, 0.05) is 75.4 Å². The Labute approximate surface area is 253 Å². The van der Waals surface area contributed by atoms with Gasteiger partial charge in [0.15, 0.2) is 0 Å². The Morgan fingerprint density at radius 2 is 1.23 bits per heavy atom. The zero-order valence-electron chi connectivity index (χ0n) is 25.0. The number of esters is 1. The zero-order valence-corrected chi connectivity index (χ0v) is 25.0. The number of para-hydroxylation sites is 2. The maximum atomic E-state index is 11.7. The van der Waals surface area contributed by atoms with Gasteiger partial charge in [0.2, 0.25) is 0 Å². The summed E-state index contributed by atoms with van der Waals surface area (Å²) in [4.78, 5) is 14.3. The maximum Gasteiger partial charge on any atom is 0.333 e. The number of hydrogen-bond acceptors (Lipinski definition) is 3. The molecule has 5 heteroatoms. The fourth-order valence-electron chi connectivity index (χ4n) is 6.90. The molecule has 0 spiro atoms. The summed E-state index contributed by atoms with van der Waals surface area (Å²) in [5.41, 5.74) is 8.41. The van der Waals surface area contributed by atoms with Gasteiger partial charge in [-0.05, 0) is 86.7 Å². The lowest BCUT2D eigenvalue weighted by Crippen LogP contribution is -2.24. The molecular weight excluding hydrogens is 530 g/mol. The second kappa shape index (κ2) is 11.7. The average molecular weight is 570 g/mol. The minimum absolute atomic E-state index is 0.296. The molecule has 4 aliphatic heterocycles. The highest BCUT2D eigenvalue weighted by atomic mass is 16.5. The van der Waals surface area contributed by atoms with Gasteiger partial charge in [0.25, 0.3) is 0 Å². The molecule has 0 unspecified atom stereocenters. The SMILES string of the molecule is C=C(C)C(=O)OCCCCCN1Cc2ccc3c(c2)c2ccccc2n3CCCn2c3ccccc3c3cc(ccc32)C1. The van der Waals surface area contributed by atoms with Gasteiger partial charge in [-0.15, -0.1) is 0 Å². The summed E-state index contributed by atoms with van der Waals surface area (Å²) in [6.07, 6.45) is 3.99. The minimum Gasteiger partial charge on any atom is -0.462 e. The molecule has 0 fully saturated rings. The van der Waals surface area contributed by atoms with E-state index in [4.69, 9.17) is 4.74 Å². The Hall–Kier alpha value is -4.35. The first-order valence-corrected chi connectivity index (χ1v) is 15.6. The van der Waals surface area contributed by atoms with Crippen LogP contribution in [0.4, 0.5) is 0 Å². The van der Waals surface area contributed by atoms with Crippen molar-refractivity contribution in [3.63, 3.8) is 0 Å². The summed E-state index contributed by atoms with van der Waals surface area (Å²) >= 11 is 0. The first kappa shape index (κ1) is 27.5. The molecule has 0 radical (unpaired) electrons. The van der Waals surface area contributed by atoms with Crippen molar-refractivity contribution in [2.45, 2.75) is 58.8 Å². The topological polar surface area (TPSA) is 39.4 Å². The lowest BCUT2D eigenvalue weighted by atomic mass is 10.1. The van der Waals surface area contributed by atoms with Crippen molar-refractivity contribution in [1.29, 1.82) is 0 Å². The normalized spacial score (nSPS) is 14.3. The minimum atomic E-state index is -0.296. The quantitative estimate of drug-likeness (QED) is 0.110. The molecule has 0 saturated heterocycles. The largest absolute Gasteiger partial charge is 0.462 e. The number of carbonyl (C=O) groups is 1. The van der Waals surface area contributed by atoms with E-state index in [1.807, 2.05) is 0 Å². The van der Waals surface area contributed by atoms with Crippen LogP contribution >= 0.6 is 0 Å². The highest BCUT2D eigenvalue weighted by Gasteiger charge is 2.16. The number of unbranched alkanes of at least 4 members (excludes halogenated alkanes) is 2. The van der Waals surface area contributed by atoms with Crippen molar-refractivity contribution in [1.82, 2.24) is 14.0 Å². The average Bonchev–Trinajstić information content (AvgIpc) is 3.50. The fraction of sp³-hybridized carbons (Fsp3) is 0.289. The molecule has 6 aromatic rings. The van der Waals surface area contributed by atoms with Gasteiger partial charge in [-0.1, -0.05) is 55.1 Å². The van der Waals surface area contributed by atoms with Crippen LogP contribution < -0.4 is 0 Å². The second-order valence-electron chi connectivity index (χ2n) is 12.1. The molecule has 4 aromatic carbocycles. The van der Waals surface area contributed by atoms with Gasteiger partial charge in [0.1, 0.15) is 0 Å². The molecule has 0 saturated carbocycles. The lowest BCUT2D eigenvalue weighted by molar-refractivity contribution is -0.139. The molecule has 8 bridgehead atoms. The summed E-state index contributed by atoms with van der Waals surface area (Å²) < 4.78 is 10.4. The highest BCUT2D eigenvalue weighted by Crippen LogP contribution is 2.33. The van der Waals surface area contributed by atoms with Crippen LogP contribution in [0.3, 0.4) is 0 Å². The molecule has 0 N–H and O–H groups in total. The van der Waals surface area contributed by atoms with Crippen LogP contribution in [0.5, 0.6) is 0 Å². The summed E-state index contributed by atoms with van der Waals surface area (Å²) in [5.74, 6) is -0.296. The van der Waals surface area contributed by atoms with Crippen molar-refractivity contribution >= 4 is 49.6 Å². The molecule has 2 aromatic heterocycles. The van der Waals surface area contributed by atoms with Crippen LogP contribution in [-0.2, 0) is 35.7 Å². The number of carbonyl (C=O) groups excluding carboxylic acids is 1. The predicted molar refractivity (Wildman–Crippen MR) is 177 cm³/mol. The van der Waals surface area contributed by atoms with Crippen LogP contribution in [-0.4, -0.2) is 33.2 Å². The molecule has 43 heavy (non-hydrogen) atoms. The third-order valence-corrected chi connectivity index (χ3v) is 8.95. The molecule has 0 aliphatic carbocycles. The van der Waals surface area contributed by atoms with Gasteiger partial charge >= 0.3 is 5.97 Å². The molecule has 0 amide bonds. The molecule has 218 valence electrons. The number of rotatable bonds is 7. The summed E-state index contributed by atoms with van der Waals surface area (Å²) in [7, 11) is 0. The van der Waals surface area contributed by atoms with Crippen LogP contribution in [0, 0.1) is 0 Å². The van der Waals surface area contributed by atoms with Crippen molar-refractivity contribution in [3.05, 3.63) is 108 Å². The summed E-state index contributed by atoms with van der Waals surface area (Å²) in [5, 5.41) is 5.36. The Balaban J connectivity index is 1.24. The number of aromatic nitrogens is 2. The van der Waals surface area contributed by atoms with E-state index in [1.165, 1.54) is 54.7 Å². The van der Waals surface area contributed by atoms with Gasteiger partial charge in [0.05, 0.1) is 6.61 Å². The van der Waals surface area contributed by atoms with E-state index < -0.39 is 0 Å². The number of aryl methyl sites for hydroxylation is 2. The van der Waals surface area contributed by atoms with Crippen molar-refractivity contribution in [2.24, 2.45) is 0 Å². The van der Waals surface area contributed by atoms with Crippen LogP contribution in [0.1, 0.15) is 43.7 Å². The van der Waals surface area contributed by atoms with Crippen LogP contribution in [0.2, 0.25) is 0 Å². The molecule has 6 heterocycles. The fourth-order valence-corrected chi connectivity index (χ4v) is 6.90. The van der Waals surface area contributed by atoms with Crippen molar-refractivity contribution in [2.75, 3.05) is 13.2 Å². The first-order chi connectivity index (χ1) is 21.1. The number of fused-ring (bicyclic) bond motifs is 2. The van der Waals surface area contributed by atoms with Crippen LogP contribution in [0.15, 0.2) is 97.1 Å². The van der Waals surface area contributed by atoms with Crippen molar-refractivity contribution in [3.8, 4) is 0 Å². The predicted octanol–water partition coefficient (Wildman–Crippen LogP) is 8.60. The third-order valence-electron chi connectivity index (χ3n) is 8.95. The Kier molecular flexibility index (Phi) is 7.50. The standard InChI is InChI=1S/C38H39N3O2/c1-27(2)38(42)43-22-9-3-8-19-39-25-28-15-17-36-32(23-28)30-11-4-6-13-34(30)40(36)20-10-21-41-35-14-7-5-12-31(35)33-24-29(26-39)16-18-37(33)41/h4-7,11-18,23-24H,1,3,8-10,19-22,25-26H2,2H3. The Morgan fingerprint density at radius 3 is 1.79 bits per heavy atom. The van der Waals surface area contributed by atoms with Crippen molar-refractivity contribution < 1.29 is 9.53 Å². The molecular formula is C38H39N3O2. The smallest absolute Gasteiger partial charge is 0.333 e. The molecule has 5 nitrogen and oxygen atoms in total.